The summed E-state index contributed by atoms with van der Waals surface area (Å²) in [6.45, 7) is 1.02. The monoisotopic (exact) mass is 339 g/mol. The number of nitrogens with one attached hydrogen (secondary N) is 2. The summed E-state index contributed by atoms with van der Waals surface area (Å²) in [6.07, 6.45) is 1.26. The van der Waals surface area contributed by atoms with Gasteiger partial charge in [0.05, 0.1) is 17.3 Å². The van der Waals surface area contributed by atoms with Crippen molar-refractivity contribution >= 4 is 17.3 Å². The average molecular weight is 339 g/mol. The van der Waals surface area contributed by atoms with E-state index in [1.807, 2.05) is 24.3 Å². The van der Waals surface area contributed by atoms with Crippen molar-refractivity contribution in [3.05, 3.63) is 59.4 Å². The van der Waals surface area contributed by atoms with Gasteiger partial charge in [-0.1, -0.05) is 12.1 Å². The predicted octanol–water partition coefficient (Wildman–Crippen LogP) is 3.43. The van der Waals surface area contributed by atoms with Gasteiger partial charge in [-0.25, -0.2) is 4.39 Å². The second-order valence-electron chi connectivity index (χ2n) is 5.85. The maximum atomic E-state index is 13.9. The number of ether oxygens (including phenoxy) is 1. The van der Waals surface area contributed by atoms with Crippen LogP contribution in [0.25, 0.3) is 0 Å². The van der Waals surface area contributed by atoms with Crippen molar-refractivity contribution in [3.63, 3.8) is 0 Å². The van der Waals surface area contributed by atoms with Crippen LogP contribution in [0.4, 0.5) is 15.8 Å². The van der Waals surface area contributed by atoms with Gasteiger partial charge in [-0.2, -0.15) is 5.26 Å². The van der Waals surface area contributed by atoms with Crippen molar-refractivity contribution in [2.45, 2.75) is 25.5 Å². The fourth-order valence-corrected chi connectivity index (χ4v) is 2.69. The first kappa shape index (κ1) is 16.9. The zero-order valence-corrected chi connectivity index (χ0v) is 13.6. The highest BCUT2D eigenvalue weighted by Crippen LogP contribution is 2.19. The molecule has 25 heavy (non-hydrogen) atoms. The molecule has 0 spiro atoms. The number of carbonyl (C=O) groups is 1. The third kappa shape index (κ3) is 4.34. The highest BCUT2D eigenvalue weighted by molar-refractivity contribution is 5.94. The molecule has 0 saturated carbocycles. The summed E-state index contributed by atoms with van der Waals surface area (Å²) in [5, 5.41) is 14.6. The standard InChI is InChI=1S/C19H18FN3O2/c20-16-10-13(11-21)6-7-17(16)22-12-14-3-1-4-15(9-14)23-19(24)18-5-2-8-25-18/h1,3-4,6-7,9-10,18,22H,2,5,8,12H2,(H,23,24)/t18-/m0/s1. The molecule has 1 saturated heterocycles. The maximum Gasteiger partial charge on any atom is 0.253 e. The minimum absolute atomic E-state index is 0.138. The lowest BCUT2D eigenvalue weighted by molar-refractivity contribution is -0.124. The number of nitrogens with zero attached hydrogens (tertiary/aromatic N) is 1. The van der Waals surface area contributed by atoms with E-state index in [9.17, 15) is 9.18 Å². The Morgan fingerprint density at radius 1 is 1.32 bits per heavy atom. The van der Waals surface area contributed by atoms with Crippen molar-refractivity contribution in [2.75, 3.05) is 17.2 Å². The van der Waals surface area contributed by atoms with E-state index < -0.39 is 5.82 Å². The lowest BCUT2D eigenvalue weighted by atomic mass is 10.1. The smallest absolute Gasteiger partial charge is 0.253 e. The molecule has 1 fully saturated rings. The highest BCUT2D eigenvalue weighted by atomic mass is 19.1. The molecule has 1 amide bonds. The van der Waals surface area contributed by atoms with Gasteiger partial charge in [0.2, 0.25) is 0 Å². The Hall–Kier alpha value is -2.91. The molecule has 0 radical (unpaired) electrons. The van der Waals surface area contributed by atoms with Crippen LogP contribution in [0.5, 0.6) is 0 Å². The Balaban J connectivity index is 1.62. The molecule has 1 aliphatic heterocycles. The largest absolute Gasteiger partial charge is 0.379 e. The second kappa shape index (κ2) is 7.77. The molecule has 2 aromatic carbocycles. The first-order chi connectivity index (χ1) is 12.2. The number of rotatable bonds is 5. The number of hydrogen-bond acceptors (Lipinski definition) is 4. The molecule has 0 aromatic heterocycles. The summed E-state index contributed by atoms with van der Waals surface area (Å²) in [6, 6.07) is 13.5. The summed E-state index contributed by atoms with van der Waals surface area (Å²) >= 11 is 0. The van der Waals surface area contributed by atoms with Crippen molar-refractivity contribution in [2.24, 2.45) is 0 Å². The highest BCUT2D eigenvalue weighted by Gasteiger charge is 2.23. The molecule has 0 aliphatic carbocycles. The van der Waals surface area contributed by atoms with Gasteiger partial charge >= 0.3 is 0 Å². The number of anilines is 2. The molecule has 1 atom stereocenters. The predicted molar refractivity (Wildman–Crippen MR) is 92.5 cm³/mol. The van der Waals surface area contributed by atoms with Crippen molar-refractivity contribution in [1.29, 1.82) is 5.26 Å². The zero-order chi connectivity index (χ0) is 17.6. The van der Waals surface area contributed by atoms with Gasteiger partial charge in [0.25, 0.3) is 5.91 Å². The molecule has 0 unspecified atom stereocenters. The SMILES string of the molecule is N#Cc1ccc(NCc2cccc(NC(=O)[C@@H]3CCCO3)c2)c(F)c1. The first-order valence-electron chi connectivity index (χ1n) is 8.10. The number of amides is 1. The Morgan fingerprint density at radius 2 is 2.20 bits per heavy atom. The summed E-state index contributed by atoms with van der Waals surface area (Å²) in [5.41, 5.74) is 2.18. The number of carbonyl (C=O) groups excluding carboxylic acids is 1. The lowest BCUT2D eigenvalue weighted by Crippen LogP contribution is -2.26. The molecule has 6 heteroatoms. The minimum atomic E-state index is -0.470. The van der Waals surface area contributed by atoms with Crippen LogP contribution in [0.3, 0.4) is 0 Å². The van der Waals surface area contributed by atoms with Gasteiger partial charge in [-0.15, -0.1) is 0 Å². The number of nitriles is 1. The molecule has 2 aromatic rings. The normalized spacial score (nSPS) is 16.2. The molecule has 0 bridgehead atoms. The van der Waals surface area contributed by atoms with Crippen LogP contribution in [-0.2, 0) is 16.1 Å². The second-order valence-corrected chi connectivity index (χ2v) is 5.85. The molecule has 1 heterocycles. The van der Waals surface area contributed by atoms with Crippen LogP contribution in [-0.4, -0.2) is 18.6 Å². The molecule has 5 nitrogen and oxygen atoms in total. The van der Waals surface area contributed by atoms with Gasteiger partial charge in [0.1, 0.15) is 11.9 Å². The maximum absolute atomic E-state index is 13.9. The van der Waals surface area contributed by atoms with Gasteiger partial charge in [0, 0.05) is 18.8 Å². The van der Waals surface area contributed by atoms with E-state index in [1.54, 1.807) is 12.1 Å². The van der Waals surface area contributed by atoms with E-state index in [-0.39, 0.29) is 17.6 Å². The Morgan fingerprint density at radius 3 is 2.92 bits per heavy atom. The van der Waals surface area contributed by atoms with E-state index in [0.717, 1.165) is 18.4 Å². The molecule has 1 aliphatic rings. The van der Waals surface area contributed by atoms with Crippen molar-refractivity contribution in [3.8, 4) is 6.07 Å². The van der Waals surface area contributed by atoms with Crippen LogP contribution in [0.2, 0.25) is 0 Å². The van der Waals surface area contributed by atoms with Gasteiger partial charge < -0.3 is 15.4 Å². The number of benzene rings is 2. The van der Waals surface area contributed by atoms with E-state index in [4.69, 9.17) is 10.00 Å². The quantitative estimate of drug-likeness (QED) is 0.875. The molecule has 128 valence electrons. The molecule has 2 N–H and O–H groups in total. The summed E-state index contributed by atoms with van der Waals surface area (Å²) in [5.74, 6) is -0.609. The van der Waals surface area contributed by atoms with Gasteiger partial charge in [0.15, 0.2) is 0 Å². The van der Waals surface area contributed by atoms with Crippen molar-refractivity contribution < 1.29 is 13.9 Å². The van der Waals surface area contributed by atoms with Gasteiger partial charge in [-0.3, -0.25) is 4.79 Å². The fourth-order valence-electron chi connectivity index (χ4n) is 2.69. The fraction of sp³-hybridized carbons (Fsp3) is 0.263. The van der Waals surface area contributed by atoms with E-state index >= 15 is 0 Å². The van der Waals surface area contributed by atoms with Crippen LogP contribution in [0, 0.1) is 17.1 Å². The third-order valence-electron chi connectivity index (χ3n) is 4.00. The van der Waals surface area contributed by atoms with E-state index in [1.165, 1.54) is 12.1 Å². The average Bonchev–Trinajstić information content (AvgIpc) is 3.16. The zero-order valence-electron chi connectivity index (χ0n) is 13.6. The molecular formula is C19H18FN3O2. The Labute approximate surface area is 145 Å². The molecule has 3 rings (SSSR count). The van der Waals surface area contributed by atoms with Gasteiger partial charge in [-0.05, 0) is 48.7 Å². The first-order valence-corrected chi connectivity index (χ1v) is 8.10. The van der Waals surface area contributed by atoms with Crippen LogP contribution < -0.4 is 10.6 Å². The topological polar surface area (TPSA) is 74.2 Å². The van der Waals surface area contributed by atoms with Crippen molar-refractivity contribution in [1.82, 2.24) is 0 Å². The third-order valence-corrected chi connectivity index (χ3v) is 4.00. The summed E-state index contributed by atoms with van der Waals surface area (Å²) in [7, 11) is 0. The van der Waals surface area contributed by atoms with Crippen LogP contribution >= 0.6 is 0 Å². The Kier molecular flexibility index (Phi) is 5.26. The molecular weight excluding hydrogens is 321 g/mol. The summed E-state index contributed by atoms with van der Waals surface area (Å²) in [4.78, 5) is 12.1. The van der Waals surface area contributed by atoms with E-state index in [2.05, 4.69) is 10.6 Å². The summed E-state index contributed by atoms with van der Waals surface area (Å²) < 4.78 is 19.2. The lowest BCUT2D eigenvalue weighted by Gasteiger charge is -2.12. The minimum Gasteiger partial charge on any atom is -0.379 e. The van der Waals surface area contributed by atoms with Crippen LogP contribution in [0.15, 0.2) is 42.5 Å². The van der Waals surface area contributed by atoms with Crippen LogP contribution in [0.1, 0.15) is 24.0 Å². The number of hydrogen-bond donors (Lipinski definition) is 2. The Bertz CT molecular complexity index is 811. The number of halogens is 1. The van der Waals surface area contributed by atoms with E-state index in [0.29, 0.717) is 24.5 Å².